The molecular weight excluding hydrogens is 530 g/mol. The second-order valence-electron chi connectivity index (χ2n) is 12.3. The molecule has 4 saturated carbocycles. The highest BCUT2D eigenvalue weighted by Crippen LogP contribution is 2.55. The zero-order chi connectivity index (χ0) is 29.0. The van der Waals surface area contributed by atoms with E-state index in [9.17, 15) is 19.5 Å². The lowest BCUT2D eigenvalue weighted by atomic mass is 9.52. The van der Waals surface area contributed by atoms with Gasteiger partial charge in [-0.25, -0.2) is 9.78 Å². The molecule has 0 saturated heterocycles. The molecule has 8 heteroatoms. The third-order valence-electron chi connectivity index (χ3n) is 9.56. The van der Waals surface area contributed by atoms with E-state index in [1.165, 1.54) is 7.11 Å². The Kier molecular flexibility index (Phi) is 6.46. The molecule has 4 aliphatic rings. The smallest absolute Gasteiger partial charge is 0.355 e. The van der Waals surface area contributed by atoms with Gasteiger partial charge in [0.05, 0.1) is 18.1 Å². The van der Waals surface area contributed by atoms with Gasteiger partial charge in [-0.05, 0) is 91.8 Å². The monoisotopic (exact) mass is 563 g/mol. The molecule has 4 fully saturated rings. The summed E-state index contributed by atoms with van der Waals surface area (Å²) in [7, 11) is 1.30. The maximum atomic E-state index is 13.8. The quantitative estimate of drug-likeness (QED) is 0.336. The number of carbonyl (C=O) groups excluding carboxylic acids is 2. The molecular formula is C34H33N3O5. The highest BCUT2D eigenvalue weighted by molar-refractivity contribution is 5.95. The molecule has 0 spiro atoms. The van der Waals surface area contributed by atoms with Crippen molar-refractivity contribution in [2.24, 2.45) is 17.8 Å². The number of aliphatic hydroxyl groups is 1. The fourth-order valence-electron chi connectivity index (χ4n) is 8.00. The van der Waals surface area contributed by atoms with Crippen molar-refractivity contribution in [1.82, 2.24) is 14.9 Å². The Balaban J connectivity index is 1.20. The number of hydrogen-bond donors (Lipinski definition) is 2. The number of rotatable bonds is 6. The number of ether oxygens (including phenoxy) is 1. The van der Waals surface area contributed by atoms with Crippen molar-refractivity contribution in [2.75, 3.05) is 7.11 Å². The zero-order valence-electron chi connectivity index (χ0n) is 23.5. The number of benzene rings is 2. The topological polar surface area (TPSA) is 111 Å². The summed E-state index contributed by atoms with van der Waals surface area (Å²) in [6.45, 7) is 0. The largest absolute Gasteiger partial charge is 0.464 e. The summed E-state index contributed by atoms with van der Waals surface area (Å²) < 4.78 is 6.84. The Bertz CT molecular complexity index is 1730. The molecule has 8 rings (SSSR count). The predicted molar refractivity (Wildman–Crippen MR) is 158 cm³/mol. The highest BCUT2D eigenvalue weighted by atomic mass is 16.5. The van der Waals surface area contributed by atoms with Crippen molar-refractivity contribution in [1.29, 1.82) is 0 Å². The molecule has 0 unspecified atom stereocenters. The number of nitrogens with zero attached hydrogens (tertiary/aromatic N) is 2. The van der Waals surface area contributed by atoms with Crippen molar-refractivity contribution in [3.63, 3.8) is 0 Å². The van der Waals surface area contributed by atoms with Crippen LogP contribution in [-0.2, 0) is 11.2 Å². The van der Waals surface area contributed by atoms with Crippen LogP contribution >= 0.6 is 0 Å². The summed E-state index contributed by atoms with van der Waals surface area (Å²) >= 11 is 0. The van der Waals surface area contributed by atoms with E-state index >= 15 is 0 Å². The molecule has 2 heterocycles. The lowest BCUT2D eigenvalue weighted by Crippen LogP contribution is -2.61. The molecule has 4 bridgehead atoms. The summed E-state index contributed by atoms with van der Waals surface area (Å²) in [5, 5.41) is 14.6. The van der Waals surface area contributed by atoms with Crippen molar-refractivity contribution in [2.45, 2.75) is 50.2 Å². The molecule has 5 atom stereocenters. The molecule has 1 amide bonds. The number of amides is 1. The van der Waals surface area contributed by atoms with Gasteiger partial charge in [-0.1, -0.05) is 30.3 Å². The normalized spacial score (nSPS) is 25.9. The van der Waals surface area contributed by atoms with Crippen LogP contribution in [0.4, 0.5) is 0 Å². The Hall–Kier alpha value is -4.30. The Morgan fingerprint density at radius 3 is 2.38 bits per heavy atom. The van der Waals surface area contributed by atoms with Crippen LogP contribution in [0.25, 0.3) is 16.7 Å². The molecule has 4 aliphatic carbocycles. The second kappa shape index (κ2) is 10.2. The summed E-state index contributed by atoms with van der Waals surface area (Å²) in [6.07, 6.45) is 6.37. The van der Waals surface area contributed by atoms with E-state index in [-0.39, 0.29) is 29.5 Å². The number of pyridine rings is 2. The van der Waals surface area contributed by atoms with E-state index in [1.807, 2.05) is 42.5 Å². The maximum absolute atomic E-state index is 13.8. The van der Waals surface area contributed by atoms with Crippen LogP contribution in [0.3, 0.4) is 0 Å². The van der Waals surface area contributed by atoms with Gasteiger partial charge in [-0.2, -0.15) is 0 Å². The molecule has 2 aromatic carbocycles. The molecule has 0 aliphatic heterocycles. The Morgan fingerprint density at radius 1 is 1.00 bits per heavy atom. The molecule has 4 aromatic rings. The van der Waals surface area contributed by atoms with Crippen molar-refractivity contribution < 1.29 is 19.4 Å². The SMILES string of the molecule is COC(=O)c1c(Cc2ccc(C(=O)N[C@@H]3[C@@H]4C[C@@H]5C[C@H]3C[C@](O)(C5)C4)cc2)c(=O)c2cccnc2n1-c1ccccc1. The number of fused-ring (bicyclic) bond motifs is 1. The molecule has 42 heavy (non-hydrogen) atoms. The van der Waals surface area contributed by atoms with E-state index in [4.69, 9.17) is 4.74 Å². The van der Waals surface area contributed by atoms with Crippen LogP contribution < -0.4 is 10.7 Å². The fourth-order valence-corrected chi connectivity index (χ4v) is 8.00. The summed E-state index contributed by atoms with van der Waals surface area (Å²) in [4.78, 5) is 44.7. The van der Waals surface area contributed by atoms with Crippen LogP contribution in [0.15, 0.2) is 77.7 Å². The van der Waals surface area contributed by atoms with Crippen molar-refractivity contribution in [3.05, 3.63) is 106 Å². The van der Waals surface area contributed by atoms with E-state index in [0.717, 1.165) is 37.7 Å². The number of methoxy groups -OCH3 is 1. The number of esters is 1. The van der Waals surface area contributed by atoms with Gasteiger partial charge in [-0.3, -0.25) is 14.2 Å². The van der Waals surface area contributed by atoms with E-state index in [2.05, 4.69) is 10.3 Å². The van der Waals surface area contributed by atoms with Crippen molar-refractivity contribution >= 4 is 22.9 Å². The number of para-hydroxylation sites is 1. The number of nitrogens with one attached hydrogen (secondary N) is 1. The van der Waals surface area contributed by atoms with Gasteiger partial charge >= 0.3 is 5.97 Å². The lowest BCUT2D eigenvalue weighted by molar-refractivity contribution is -0.136. The third-order valence-corrected chi connectivity index (χ3v) is 9.56. The summed E-state index contributed by atoms with van der Waals surface area (Å²) in [5.41, 5.74) is 2.00. The third kappa shape index (κ3) is 4.50. The van der Waals surface area contributed by atoms with E-state index in [1.54, 1.807) is 35.0 Å². The van der Waals surface area contributed by atoms with Crippen LogP contribution in [0.2, 0.25) is 0 Å². The Labute approximate surface area is 243 Å². The zero-order valence-corrected chi connectivity index (χ0v) is 23.5. The molecule has 214 valence electrons. The van der Waals surface area contributed by atoms with Gasteiger partial charge in [0.25, 0.3) is 5.91 Å². The predicted octanol–water partition coefficient (Wildman–Crippen LogP) is 4.43. The van der Waals surface area contributed by atoms with Gasteiger partial charge in [-0.15, -0.1) is 0 Å². The number of hydrogen-bond acceptors (Lipinski definition) is 6. The fraction of sp³-hybridized carbons (Fsp3) is 0.353. The maximum Gasteiger partial charge on any atom is 0.355 e. The highest BCUT2D eigenvalue weighted by Gasteiger charge is 2.55. The number of carbonyl (C=O) groups is 2. The average Bonchev–Trinajstić information content (AvgIpc) is 2.99. The van der Waals surface area contributed by atoms with Gasteiger partial charge in [0.2, 0.25) is 0 Å². The minimum atomic E-state index is -0.630. The first-order chi connectivity index (χ1) is 20.3. The van der Waals surface area contributed by atoms with Gasteiger partial charge in [0, 0.05) is 35.5 Å². The van der Waals surface area contributed by atoms with Gasteiger partial charge < -0.3 is 15.2 Å². The first kappa shape index (κ1) is 26.6. The Morgan fingerprint density at radius 2 is 1.71 bits per heavy atom. The number of aromatic nitrogens is 2. The van der Waals surface area contributed by atoms with Crippen LogP contribution in [0, 0.1) is 17.8 Å². The minimum absolute atomic E-state index is 0.0966. The minimum Gasteiger partial charge on any atom is -0.464 e. The molecule has 2 N–H and O–H groups in total. The summed E-state index contributed by atoms with van der Waals surface area (Å²) in [5.74, 6) is 0.484. The van der Waals surface area contributed by atoms with E-state index < -0.39 is 11.6 Å². The first-order valence-electron chi connectivity index (χ1n) is 14.6. The molecule has 0 radical (unpaired) electrons. The first-order valence-corrected chi connectivity index (χ1v) is 14.6. The molecule has 2 aromatic heterocycles. The van der Waals surface area contributed by atoms with Crippen LogP contribution in [-0.4, -0.2) is 45.3 Å². The lowest BCUT2D eigenvalue weighted by Gasteiger charge is -2.58. The molecule has 8 nitrogen and oxygen atoms in total. The van der Waals surface area contributed by atoms with Crippen LogP contribution in [0.5, 0.6) is 0 Å². The van der Waals surface area contributed by atoms with Gasteiger partial charge in [0.1, 0.15) is 11.3 Å². The second-order valence-corrected chi connectivity index (χ2v) is 12.3. The van der Waals surface area contributed by atoms with Crippen LogP contribution in [0.1, 0.15) is 64.1 Å². The summed E-state index contributed by atoms with van der Waals surface area (Å²) in [6, 6.07) is 20.0. The van der Waals surface area contributed by atoms with Gasteiger partial charge in [0.15, 0.2) is 5.43 Å². The average molecular weight is 564 g/mol. The standard InChI is InChI=1S/C34H33N3O5/c1-42-33(40)29-27(30(38)26-8-5-13-35-31(26)37(29)25-6-3-2-4-7-25)16-20-9-11-22(12-10-20)32(39)36-28-23-14-21-15-24(28)19-34(41,17-21)18-23/h2-13,21,23-24,28,41H,14-19H2,1H3,(H,36,39)/t21-,23-,24+,28-,34+. The van der Waals surface area contributed by atoms with Crippen molar-refractivity contribution in [3.8, 4) is 5.69 Å². The van der Waals surface area contributed by atoms with E-state index in [0.29, 0.717) is 45.6 Å².